The largest absolute Gasteiger partial charge is 0.497 e. The van der Waals surface area contributed by atoms with E-state index in [1.807, 2.05) is 36.4 Å². The van der Waals surface area contributed by atoms with Crippen LogP contribution < -0.4 is 19.5 Å². The topological polar surface area (TPSA) is 80.3 Å². The van der Waals surface area contributed by atoms with Gasteiger partial charge in [0.15, 0.2) is 0 Å². The fraction of sp³-hybridized carbons (Fsp3) is 0.552. The Labute approximate surface area is 215 Å². The number of amides is 1. The summed E-state index contributed by atoms with van der Waals surface area (Å²) in [5, 5.41) is 13.1. The van der Waals surface area contributed by atoms with Crippen LogP contribution in [0.3, 0.4) is 0 Å². The minimum Gasteiger partial charge on any atom is -0.497 e. The van der Waals surface area contributed by atoms with E-state index in [0.717, 1.165) is 43.1 Å². The van der Waals surface area contributed by atoms with Crippen LogP contribution in [0.5, 0.6) is 17.2 Å². The molecule has 36 heavy (non-hydrogen) atoms. The van der Waals surface area contributed by atoms with Gasteiger partial charge in [0.05, 0.1) is 32.8 Å². The number of aliphatic hydroxyl groups excluding tert-OH is 1. The van der Waals surface area contributed by atoms with Crippen molar-refractivity contribution in [2.24, 2.45) is 0 Å². The molecule has 1 aliphatic rings. The monoisotopic (exact) mass is 498 g/mol. The van der Waals surface area contributed by atoms with E-state index in [-0.39, 0.29) is 24.5 Å². The molecule has 7 heteroatoms. The molecular weight excluding hydrogens is 456 g/mol. The SMILES string of the molecule is CCCCCCOc1ccc(C[C@@H](CN2CC[C@H](O)C2)NC(=O)CCOc2ccc(OC)cc2)cc1. The highest BCUT2D eigenvalue weighted by molar-refractivity contribution is 5.76. The molecule has 1 heterocycles. The number of ether oxygens (including phenoxy) is 3. The number of hydrogen-bond acceptors (Lipinski definition) is 6. The van der Waals surface area contributed by atoms with Gasteiger partial charge in [-0.05, 0) is 61.2 Å². The number of nitrogens with one attached hydrogen (secondary N) is 1. The number of nitrogens with zero attached hydrogens (tertiary/aromatic N) is 1. The molecule has 2 N–H and O–H groups in total. The quantitative estimate of drug-likeness (QED) is 0.338. The molecule has 0 spiro atoms. The first-order valence-corrected chi connectivity index (χ1v) is 13.2. The lowest BCUT2D eigenvalue weighted by Gasteiger charge is -2.25. The van der Waals surface area contributed by atoms with Gasteiger partial charge in [-0.25, -0.2) is 0 Å². The number of carbonyl (C=O) groups excluding carboxylic acids is 1. The highest BCUT2D eigenvalue weighted by Gasteiger charge is 2.24. The van der Waals surface area contributed by atoms with E-state index in [2.05, 4.69) is 29.3 Å². The maximum Gasteiger partial charge on any atom is 0.223 e. The molecule has 0 aliphatic carbocycles. The first kappa shape index (κ1) is 27.8. The molecule has 2 aromatic rings. The third kappa shape index (κ3) is 10.1. The molecule has 198 valence electrons. The Bertz CT molecular complexity index is 888. The van der Waals surface area contributed by atoms with Crippen LogP contribution in [-0.2, 0) is 11.2 Å². The molecule has 0 saturated carbocycles. The summed E-state index contributed by atoms with van der Waals surface area (Å²) in [6.45, 7) is 5.46. The molecule has 1 amide bonds. The molecule has 7 nitrogen and oxygen atoms in total. The Hall–Kier alpha value is -2.77. The summed E-state index contributed by atoms with van der Waals surface area (Å²) in [5.74, 6) is 2.31. The summed E-state index contributed by atoms with van der Waals surface area (Å²) >= 11 is 0. The zero-order valence-corrected chi connectivity index (χ0v) is 21.8. The van der Waals surface area contributed by atoms with Crippen molar-refractivity contribution in [1.29, 1.82) is 0 Å². The molecule has 0 unspecified atom stereocenters. The van der Waals surface area contributed by atoms with Crippen LogP contribution in [0.25, 0.3) is 0 Å². The third-order valence-corrected chi connectivity index (χ3v) is 6.42. The summed E-state index contributed by atoms with van der Waals surface area (Å²) in [6, 6.07) is 15.4. The number of rotatable bonds is 16. The second-order valence-electron chi connectivity index (χ2n) is 9.50. The van der Waals surface area contributed by atoms with Crippen molar-refractivity contribution in [1.82, 2.24) is 10.2 Å². The van der Waals surface area contributed by atoms with Crippen LogP contribution in [0.2, 0.25) is 0 Å². The van der Waals surface area contributed by atoms with E-state index in [9.17, 15) is 9.90 Å². The second kappa shape index (κ2) is 15.4. The Balaban J connectivity index is 1.48. The lowest BCUT2D eigenvalue weighted by atomic mass is 10.0. The van der Waals surface area contributed by atoms with E-state index < -0.39 is 0 Å². The van der Waals surface area contributed by atoms with Gasteiger partial charge in [-0.15, -0.1) is 0 Å². The number of likely N-dealkylation sites (tertiary alicyclic amines) is 1. The minimum atomic E-state index is -0.284. The molecule has 0 aromatic heterocycles. The van der Waals surface area contributed by atoms with Gasteiger partial charge in [0.1, 0.15) is 17.2 Å². The van der Waals surface area contributed by atoms with Crippen molar-refractivity contribution in [2.75, 3.05) is 40.0 Å². The van der Waals surface area contributed by atoms with Gasteiger partial charge in [-0.2, -0.15) is 0 Å². The maximum atomic E-state index is 12.7. The van der Waals surface area contributed by atoms with Crippen molar-refractivity contribution in [2.45, 2.75) is 64.0 Å². The Morgan fingerprint density at radius 3 is 2.31 bits per heavy atom. The number of hydrogen-bond donors (Lipinski definition) is 2. The molecule has 1 saturated heterocycles. The smallest absolute Gasteiger partial charge is 0.223 e. The minimum absolute atomic E-state index is 0.0414. The molecule has 1 fully saturated rings. The highest BCUT2D eigenvalue weighted by Crippen LogP contribution is 2.18. The van der Waals surface area contributed by atoms with Crippen LogP contribution >= 0.6 is 0 Å². The molecule has 3 rings (SSSR count). The summed E-state index contributed by atoms with van der Waals surface area (Å²) in [5.41, 5.74) is 1.15. The lowest BCUT2D eigenvalue weighted by Crippen LogP contribution is -2.45. The van der Waals surface area contributed by atoms with E-state index in [1.54, 1.807) is 7.11 Å². The Morgan fingerprint density at radius 2 is 1.67 bits per heavy atom. The summed E-state index contributed by atoms with van der Waals surface area (Å²) in [6.07, 6.45) is 6.23. The van der Waals surface area contributed by atoms with Crippen LogP contribution in [-0.4, -0.2) is 68.0 Å². The average molecular weight is 499 g/mol. The van der Waals surface area contributed by atoms with Gasteiger partial charge in [0, 0.05) is 25.7 Å². The Kier molecular flexibility index (Phi) is 11.9. The summed E-state index contributed by atoms with van der Waals surface area (Å²) < 4.78 is 16.7. The number of benzene rings is 2. The van der Waals surface area contributed by atoms with Crippen LogP contribution in [0, 0.1) is 0 Å². The van der Waals surface area contributed by atoms with Gasteiger partial charge in [-0.1, -0.05) is 38.3 Å². The fourth-order valence-corrected chi connectivity index (χ4v) is 4.41. The number of aliphatic hydroxyl groups is 1. The van der Waals surface area contributed by atoms with Crippen molar-refractivity contribution in [3.05, 3.63) is 54.1 Å². The van der Waals surface area contributed by atoms with Crippen LogP contribution in [0.1, 0.15) is 51.0 Å². The number of β-amino-alcohol motifs (C(OH)–C–C–N with tert-alkyl or cyclic N) is 1. The zero-order valence-electron chi connectivity index (χ0n) is 21.8. The standard InChI is InChI=1S/C29H42N2O5/c1-3-4-5-6-18-35-27-9-7-23(8-10-27)20-24(21-31-17-15-25(32)22-31)30-29(33)16-19-36-28-13-11-26(34-2)12-14-28/h7-14,24-25,32H,3-6,15-22H2,1-2H3,(H,30,33)/t24-,25-/m0/s1. The number of methoxy groups -OCH3 is 1. The Morgan fingerprint density at radius 1 is 1.00 bits per heavy atom. The zero-order chi connectivity index (χ0) is 25.6. The van der Waals surface area contributed by atoms with Crippen molar-refractivity contribution in [3.63, 3.8) is 0 Å². The molecule has 0 radical (unpaired) electrons. The van der Waals surface area contributed by atoms with Gasteiger partial charge in [0.2, 0.25) is 5.91 Å². The van der Waals surface area contributed by atoms with Crippen LogP contribution in [0.15, 0.2) is 48.5 Å². The van der Waals surface area contributed by atoms with Gasteiger partial charge < -0.3 is 24.6 Å². The first-order valence-electron chi connectivity index (χ1n) is 13.2. The fourth-order valence-electron chi connectivity index (χ4n) is 4.41. The molecule has 1 aliphatic heterocycles. The van der Waals surface area contributed by atoms with Crippen molar-refractivity contribution < 1.29 is 24.1 Å². The number of carbonyl (C=O) groups is 1. The van der Waals surface area contributed by atoms with Crippen molar-refractivity contribution >= 4 is 5.91 Å². The predicted octanol–water partition coefficient (Wildman–Crippen LogP) is 4.22. The van der Waals surface area contributed by atoms with E-state index in [1.165, 1.54) is 19.3 Å². The normalized spacial score (nSPS) is 16.5. The first-order chi connectivity index (χ1) is 17.6. The summed E-state index contributed by atoms with van der Waals surface area (Å²) in [7, 11) is 1.62. The van der Waals surface area contributed by atoms with Gasteiger partial charge in [-0.3, -0.25) is 9.69 Å². The average Bonchev–Trinajstić information content (AvgIpc) is 3.29. The molecule has 2 atom stereocenters. The predicted molar refractivity (Wildman–Crippen MR) is 142 cm³/mol. The lowest BCUT2D eigenvalue weighted by molar-refractivity contribution is -0.122. The van der Waals surface area contributed by atoms with Crippen molar-refractivity contribution in [3.8, 4) is 17.2 Å². The number of unbranched alkanes of at least 4 members (excludes halogenated alkanes) is 3. The van der Waals surface area contributed by atoms with E-state index in [0.29, 0.717) is 31.9 Å². The van der Waals surface area contributed by atoms with Gasteiger partial charge >= 0.3 is 0 Å². The van der Waals surface area contributed by atoms with E-state index in [4.69, 9.17) is 14.2 Å². The second-order valence-corrected chi connectivity index (χ2v) is 9.50. The molecular formula is C29H42N2O5. The summed E-state index contributed by atoms with van der Waals surface area (Å²) in [4.78, 5) is 14.9. The highest BCUT2D eigenvalue weighted by atomic mass is 16.5. The molecule has 2 aromatic carbocycles. The van der Waals surface area contributed by atoms with Crippen LogP contribution in [0.4, 0.5) is 0 Å². The third-order valence-electron chi connectivity index (χ3n) is 6.42. The van der Waals surface area contributed by atoms with E-state index >= 15 is 0 Å². The molecule has 0 bridgehead atoms. The van der Waals surface area contributed by atoms with Gasteiger partial charge in [0.25, 0.3) is 0 Å². The maximum absolute atomic E-state index is 12.7.